The molecule has 2 aromatic rings. The first-order valence-corrected chi connectivity index (χ1v) is 8.70. The third-order valence-corrected chi connectivity index (χ3v) is 4.82. The predicted molar refractivity (Wildman–Crippen MR) is 104 cm³/mol. The van der Waals surface area contributed by atoms with Gasteiger partial charge in [0.1, 0.15) is 5.75 Å². The van der Waals surface area contributed by atoms with Crippen LogP contribution in [-0.2, 0) is 6.42 Å². The number of hydrogen-bond acceptors (Lipinski definition) is 4. The first-order chi connectivity index (χ1) is 12.2. The number of carbonyl (C=O) groups excluding carboxylic acids is 2. The van der Waals surface area contributed by atoms with Crippen LogP contribution in [0.2, 0.25) is 0 Å². The molecule has 4 nitrogen and oxygen atoms in total. The van der Waals surface area contributed by atoms with Crippen molar-refractivity contribution in [1.29, 1.82) is 0 Å². The maximum atomic E-state index is 13.1. The van der Waals surface area contributed by atoms with Gasteiger partial charge in [-0.25, -0.2) is 0 Å². The average Bonchev–Trinajstić information content (AvgIpc) is 2.60. The Balaban J connectivity index is 2.39. The molecule has 0 radical (unpaired) electrons. The van der Waals surface area contributed by atoms with Gasteiger partial charge >= 0.3 is 0 Å². The molecule has 4 heteroatoms. The number of rotatable bonds is 7. The zero-order valence-corrected chi connectivity index (χ0v) is 16.4. The Morgan fingerprint density at radius 1 is 1.00 bits per heavy atom. The lowest BCUT2D eigenvalue weighted by Crippen LogP contribution is -2.38. The average molecular weight is 353 g/mol. The Hall–Kier alpha value is -2.46. The second kappa shape index (κ2) is 8.28. The van der Waals surface area contributed by atoms with Gasteiger partial charge < -0.3 is 4.74 Å². The standard InChI is InChI=1S/C22H27NO3/c1-14-7-8-18(11-15(14)2)22(25)20(23(4)5)13-19-12-17(16(3)24)9-10-21(19)26-6/h7-12,20H,13H2,1-6H3/t20-/m0/s1. The highest BCUT2D eigenvalue weighted by Crippen LogP contribution is 2.24. The van der Waals surface area contributed by atoms with Gasteiger partial charge in [-0.1, -0.05) is 12.1 Å². The van der Waals surface area contributed by atoms with Crippen molar-refractivity contribution >= 4 is 11.6 Å². The molecule has 26 heavy (non-hydrogen) atoms. The fourth-order valence-electron chi connectivity index (χ4n) is 2.96. The van der Waals surface area contributed by atoms with Crippen molar-refractivity contribution in [3.63, 3.8) is 0 Å². The fraction of sp³-hybridized carbons (Fsp3) is 0.364. The lowest BCUT2D eigenvalue weighted by molar-refractivity contribution is 0.0874. The van der Waals surface area contributed by atoms with Crippen LogP contribution in [-0.4, -0.2) is 43.7 Å². The second-order valence-electron chi connectivity index (χ2n) is 6.93. The van der Waals surface area contributed by atoms with Gasteiger partial charge in [0.05, 0.1) is 13.2 Å². The summed E-state index contributed by atoms with van der Waals surface area (Å²) in [5.41, 5.74) is 4.45. The molecule has 1 atom stereocenters. The number of carbonyl (C=O) groups is 2. The van der Waals surface area contributed by atoms with E-state index in [1.807, 2.05) is 57.1 Å². The summed E-state index contributed by atoms with van der Waals surface area (Å²) >= 11 is 0. The van der Waals surface area contributed by atoms with E-state index in [1.165, 1.54) is 12.5 Å². The van der Waals surface area contributed by atoms with Crippen LogP contribution in [0.4, 0.5) is 0 Å². The first-order valence-electron chi connectivity index (χ1n) is 8.70. The molecule has 0 bridgehead atoms. The molecule has 0 aliphatic rings. The summed E-state index contributed by atoms with van der Waals surface area (Å²) in [5, 5.41) is 0. The van der Waals surface area contributed by atoms with Gasteiger partial charge in [-0.15, -0.1) is 0 Å². The zero-order chi connectivity index (χ0) is 19.4. The van der Waals surface area contributed by atoms with E-state index in [1.54, 1.807) is 19.2 Å². The molecule has 0 saturated heterocycles. The van der Waals surface area contributed by atoms with E-state index in [2.05, 4.69) is 0 Å². The number of hydrogen-bond donors (Lipinski definition) is 0. The van der Waals surface area contributed by atoms with E-state index < -0.39 is 0 Å². The van der Waals surface area contributed by atoms with E-state index >= 15 is 0 Å². The van der Waals surface area contributed by atoms with Crippen molar-refractivity contribution in [2.24, 2.45) is 0 Å². The van der Waals surface area contributed by atoms with E-state index in [9.17, 15) is 9.59 Å². The van der Waals surface area contributed by atoms with Crippen LogP contribution in [0.3, 0.4) is 0 Å². The van der Waals surface area contributed by atoms with E-state index in [0.29, 0.717) is 23.3 Å². The lowest BCUT2D eigenvalue weighted by atomic mass is 9.93. The Labute approximate surface area is 155 Å². The summed E-state index contributed by atoms with van der Waals surface area (Å²) in [6.45, 7) is 5.58. The monoisotopic (exact) mass is 353 g/mol. The molecule has 0 aliphatic heterocycles. The molecule has 2 rings (SSSR count). The van der Waals surface area contributed by atoms with Gasteiger partial charge in [0, 0.05) is 11.1 Å². The smallest absolute Gasteiger partial charge is 0.180 e. The number of likely N-dealkylation sites (N-methyl/N-ethyl adjacent to an activating group) is 1. The maximum absolute atomic E-state index is 13.1. The van der Waals surface area contributed by atoms with Crippen LogP contribution in [0, 0.1) is 13.8 Å². The Morgan fingerprint density at radius 2 is 1.65 bits per heavy atom. The molecule has 0 aliphatic carbocycles. The SMILES string of the molecule is COc1ccc(C(C)=O)cc1C[C@@H](C(=O)c1ccc(C)c(C)c1)N(C)C. The third kappa shape index (κ3) is 4.38. The lowest BCUT2D eigenvalue weighted by Gasteiger charge is -2.24. The summed E-state index contributed by atoms with van der Waals surface area (Å²) in [6, 6.07) is 10.8. The molecule has 0 fully saturated rings. The minimum atomic E-state index is -0.340. The molecular weight excluding hydrogens is 326 g/mol. The molecule has 0 N–H and O–H groups in total. The Bertz CT molecular complexity index is 824. The molecule has 0 unspecified atom stereocenters. The summed E-state index contributed by atoms with van der Waals surface area (Å²) in [6.07, 6.45) is 0.475. The molecule has 138 valence electrons. The molecule has 0 saturated carbocycles. The normalized spacial score (nSPS) is 12.1. The van der Waals surface area contributed by atoms with Gasteiger partial charge in [-0.2, -0.15) is 0 Å². The quantitative estimate of drug-likeness (QED) is 0.709. The Kier molecular flexibility index (Phi) is 6.32. The van der Waals surface area contributed by atoms with Gasteiger partial charge in [0.2, 0.25) is 0 Å². The summed E-state index contributed by atoms with van der Waals surface area (Å²) < 4.78 is 5.44. The molecular formula is C22H27NO3. The van der Waals surface area contributed by atoms with Crippen molar-refractivity contribution < 1.29 is 14.3 Å². The first kappa shape index (κ1) is 19.9. The van der Waals surface area contributed by atoms with Crippen LogP contribution in [0.15, 0.2) is 36.4 Å². The van der Waals surface area contributed by atoms with Crippen LogP contribution in [0.25, 0.3) is 0 Å². The van der Waals surface area contributed by atoms with Crippen molar-refractivity contribution in [3.05, 3.63) is 64.2 Å². The van der Waals surface area contributed by atoms with E-state index in [0.717, 1.165) is 11.1 Å². The maximum Gasteiger partial charge on any atom is 0.180 e. The number of aryl methyl sites for hydroxylation is 2. The molecule has 0 amide bonds. The van der Waals surface area contributed by atoms with E-state index in [-0.39, 0.29) is 17.6 Å². The Morgan fingerprint density at radius 3 is 2.19 bits per heavy atom. The van der Waals surface area contributed by atoms with Gasteiger partial charge in [-0.05, 0) is 82.2 Å². The number of benzene rings is 2. The highest BCUT2D eigenvalue weighted by molar-refractivity contribution is 6.00. The number of ketones is 2. The largest absolute Gasteiger partial charge is 0.496 e. The van der Waals surface area contributed by atoms with Crippen molar-refractivity contribution in [2.45, 2.75) is 33.2 Å². The van der Waals surface area contributed by atoms with Crippen LogP contribution < -0.4 is 4.74 Å². The summed E-state index contributed by atoms with van der Waals surface area (Å²) in [7, 11) is 5.39. The minimum absolute atomic E-state index is 0.00390. The van der Waals surface area contributed by atoms with E-state index in [4.69, 9.17) is 4.74 Å². The van der Waals surface area contributed by atoms with Gasteiger partial charge in [0.15, 0.2) is 11.6 Å². The van der Waals surface area contributed by atoms with Gasteiger partial charge in [-0.3, -0.25) is 14.5 Å². The summed E-state index contributed by atoms with van der Waals surface area (Å²) in [5.74, 6) is 0.749. The van der Waals surface area contributed by atoms with Crippen molar-refractivity contribution in [3.8, 4) is 5.75 Å². The van der Waals surface area contributed by atoms with Crippen LogP contribution >= 0.6 is 0 Å². The number of methoxy groups -OCH3 is 1. The molecule has 0 heterocycles. The van der Waals surface area contributed by atoms with Crippen LogP contribution in [0.1, 0.15) is 44.3 Å². The molecule has 2 aromatic carbocycles. The number of Topliss-reactive ketones (excluding diaryl/α,β-unsaturated/α-hetero) is 2. The topological polar surface area (TPSA) is 46.6 Å². The molecule has 0 spiro atoms. The van der Waals surface area contributed by atoms with Crippen molar-refractivity contribution in [2.75, 3.05) is 21.2 Å². The highest BCUT2D eigenvalue weighted by atomic mass is 16.5. The fourth-order valence-corrected chi connectivity index (χ4v) is 2.96. The third-order valence-electron chi connectivity index (χ3n) is 4.82. The summed E-state index contributed by atoms with van der Waals surface area (Å²) in [4.78, 5) is 26.8. The minimum Gasteiger partial charge on any atom is -0.496 e. The van der Waals surface area contributed by atoms with Crippen molar-refractivity contribution in [1.82, 2.24) is 4.90 Å². The predicted octanol–water partition coefficient (Wildman–Crippen LogP) is 3.87. The molecule has 0 aromatic heterocycles. The second-order valence-corrected chi connectivity index (χ2v) is 6.93. The highest BCUT2D eigenvalue weighted by Gasteiger charge is 2.24. The number of nitrogens with zero attached hydrogens (tertiary/aromatic N) is 1. The van der Waals surface area contributed by atoms with Crippen LogP contribution in [0.5, 0.6) is 5.75 Å². The zero-order valence-electron chi connectivity index (χ0n) is 16.4. The number of ether oxygens (including phenoxy) is 1. The van der Waals surface area contributed by atoms with Gasteiger partial charge in [0.25, 0.3) is 0 Å².